The zero-order valence-electron chi connectivity index (χ0n) is 15.2. The maximum Gasteiger partial charge on any atom is 0.329 e. The van der Waals surface area contributed by atoms with Crippen LogP contribution in [0.15, 0.2) is 15.7 Å². The molecule has 2 heterocycles. The van der Waals surface area contributed by atoms with Crippen LogP contribution in [0.4, 0.5) is 10.1 Å². The van der Waals surface area contributed by atoms with Crippen LogP contribution in [0.3, 0.4) is 0 Å². The fourth-order valence-corrected chi connectivity index (χ4v) is 4.23. The van der Waals surface area contributed by atoms with Crippen molar-refractivity contribution in [3.05, 3.63) is 49.7 Å². The van der Waals surface area contributed by atoms with Gasteiger partial charge in [-0.05, 0) is 32.3 Å². The van der Waals surface area contributed by atoms with Crippen molar-refractivity contribution < 1.29 is 4.39 Å². The molecule has 1 aliphatic heterocycles. The topological polar surface area (TPSA) is 88.5 Å². The van der Waals surface area contributed by atoms with Gasteiger partial charge >= 0.3 is 5.69 Å². The fraction of sp³-hybridized carbons (Fsp3) is 0.526. The van der Waals surface area contributed by atoms with Gasteiger partial charge in [-0.2, -0.15) is 0 Å². The van der Waals surface area contributed by atoms with Crippen LogP contribution in [-0.2, 0) is 0 Å². The number of aromatic nitrogens is 2. The summed E-state index contributed by atoms with van der Waals surface area (Å²) in [5, 5.41) is 0.209. The van der Waals surface area contributed by atoms with Crippen molar-refractivity contribution in [1.82, 2.24) is 9.55 Å². The predicted molar refractivity (Wildman–Crippen MR) is 102 cm³/mol. The van der Waals surface area contributed by atoms with E-state index in [2.05, 4.69) is 9.83 Å². The number of hydrogen-bond donors (Lipinski definition) is 2. The first-order chi connectivity index (χ1) is 12.9. The van der Waals surface area contributed by atoms with Crippen LogP contribution in [-0.4, -0.2) is 35.2 Å². The fourth-order valence-electron chi connectivity index (χ4n) is 4.23. The molecule has 27 heavy (non-hydrogen) atoms. The van der Waals surface area contributed by atoms with Gasteiger partial charge in [0, 0.05) is 30.6 Å². The number of rotatable bonds is 4. The molecule has 0 spiro atoms. The first-order valence-electron chi connectivity index (χ1n) is 9.23. The van der Waals surface area contributed by atoms with Crippen molar-refractivity contribution in [1.29, 1.82) is 0 Å². The van der Waals surface area contributed by atoms with E-state index in [0.29, 0.717) is 29.9 Å². The van der Waals surface area contributed by atoms with Crippen molar-refractivity contribution in [2.45, 2.75) is 38.3 Å². The molecule has 3 N–H and O–H groups in total. The summed E-state index contributed by atoms with van der Waals surface area (Å²) in [7, 11) is 0. The number of hydrogen-bond acceptors (Lipinski definition) is 4. The molecule has 2 unspecified atom stereocenters. The van der Waals surface area contributed by atoms with Crippen LogP contribution >= 0.6 is 0 Å². The Kier molecular flexibility index (Phi) is 4.27. The molecule has 1 aromatic carbocycles. The zero-order valence-corrected chi connectivity index (χ0v) is 15.2. The maximum atomic E-state index is 15.0. The van der Waals surface area contributed by atoms with Crippen LogP contribution < -0.4 is 21.9 Å². The first-order valence-corrected chi connectivity index (χ1v) is 9.23. The minimum absolute atomic E-state index is 0.0623. The van der Waals surface area contributed by atoms with E-state index in [1.165, 1.54) is 6.07 Å². The van der Waals surface area contributed by atoms with Crippen LogP contribution in [0.25, 0.3) is 15.7 Å². The highest BCUT2D eigenvalue weighted by Crippen LogP contribution is 2.39. The highest BCUT2D eigenvalue weighted by Gasteiger charge is 2.33. The Balaban J connectivity index is 1.83. The van der Waals surface area contributed by atoms with Gasteiger partial charge in [0.1, 0.15) is 5.82 Å². The molecule has 2 atom stereocenters. The lowest BCUT2D eigenvalue weighted by atomic mass is 10.00. The summed E-state index contributed by atoms with van der Waals surface area (Å²) in [5.41, 5.74) is 6.66. The summed E-state index contributed by atoms with van der Waals surface area (Å²) in [6.45, 7) is 10.2. The van der Waals surface area contributed by atoms with Gasteiger partial charge < -0.3 is 15.5 Å². The lowest BCUT2D eigenvalue weighted by molar-refractivity contribution is 0.480. The second-order valence-electron chi connectivity index (χ2n) is 7.59. The van der Waals surface area contributed by atoms with Crippen molar-refractivity contribution in [2.75, 3.05) is 24.5 Å². The minimum atomic E-state index is -0.557. The molecule has 7 nitrogen and oxygen atoms in total. The average Bonchev–Trinajstić information content (AvgIpc) is 3.33. The number of anilines is 1. The third-order valence-corrected chi connectivity index (χ3v) is 5.75. The number of aryl methyl sites for hydroxylation is 1. The van der Waals surface area contributed by atoms with Crippen molar-refractivity contribution >= 4 is 16.6 Å². The van der Waals surface area contributed by atoms with Crippen molar-refractivity contribution in [3.63, 3.8) is 0 Å². The Morgan fingerprint density at radius 2 is 2.15 bits per heavy atom. The molecule has 0 bridgehead atoms. The Morgan fingerprint density at radius 3 is 2.81 bits per heavy atom. The third kappa shape index (κ3) is 2.92. The van der Waals surface area contributed by atoms with Crippen molar-refractivity contribution in [3.8, 4) is 0 Å². The minimum Gasteiger partial charge on any atom is -0.369 e. The molecule has 4 rings (SSSR count). The van der Waals surface area contributed by atoms with Crippen LogP contribution in [0.1, 0.15) is 30.9 Å². The normalized spacial score (nSPS) is 20.8. The Morgan fingerprint density at radius 1 is 1.41 bits per heavy atom. The van der Waals surface area contributed by atoms with Crippen LogP contribution in [0, 0.1) is 25.2 Å². The summed E-state index contributed by atoms with van der Waals surface area (Å²) >= 11 is 0. The van der Waals surface area contributed by atoms with E-state index in [0.717, 1.165) is 19.3 Å². The number of aromatic amines is 1. The van der Waals surface area contributed by atoms with Gasteiger partial charge in [0.25, 0.3) is 5.56 Å². The Labute approximate surface area is 155 Å². The molecule has 8 heteroatoms. The Bertz CT molecular complexity index is 1060. The van der Waals surface area contributed by atoms with E-state index in [-0.39, 0.29) is 29.9 Å². The highest BCUT2D eigenvalue weighted by atomic mass is 19.1. The molecular weight excluding hydrogens is 349 g/mol. The molecule has 1 saturated carbocycles. The predicted octanol–water partition coefficient (Wildman–Crippen LogP) is 1.55. The van der Waals surface area contributed by atoms with Crippen LogP contribution in [0.5, 0.6) is 0 Å². The number of nitrogens with zero attached hydrogens (tertiary/aromatic N) is 3. The third-order valence-electron chi connectivity index (χ3n) is 5.75. The van der Waals surface area contributed by atoms with Crippen LogP contribution in [0.2, 0.25) is 0 Å². The van der Waals surface area contributed by atoms with E-state index in [1.54, 1.807) is 11.5 Å². The van der Waals surface area contributed by atoms with Gasteiger partial charge in [-0.25, -0.2) is 15.8 Å². The number of benzene rings is 1. The van der Waals surface area contributed by atoms with Gasteiger partial charge in [0.2, 0.25) is 6.54 Å². The number of fused-ring (bicyclic) bond motifs is 1. The standard InChI is InChI=1S/C19H22FN5O2/c1-10-16-13(18(26)23-19(27)25(16)12-3-4-12)7-14(20)17(10)24-6-5-11(9-24)15(21)8-22-2/h7,11-12,15H,3-6,8-9,21H2,1H3,(H,23,26,27). The lowest BCUT2D eigenvalue weighted by Gasteiger charge is -2.24. The van der Waals surface area contributed by atoms with E-state index < -0.39 is 17.1 Å². The maximum absolute atomic E-state index is 15.0. The van der Waals surface area contributed by atoms with Gasteiger partial charge in [0.05, 0.1) is 22.6 Å². The number of nitrogens with one attached hydrogen (secondary N) is 1. The van der Waals surface area contributed by atoms with Gasteiger partial charge in [-0.15, -0.1) is 0 Å². The molecule has 1 aliphatic carbocycles. The molecule has 0 radical (unpaired) electrons. The average molecular weight is 371 g/mol. The van der Waals surface area contributed by atoms with E-state index in [4.69, 9.17) is 12.3 Å². The summed E-state index contributed by atoms with van der Waals surface area (Å²) in [5.74, 6) is -0.343. The molecule has 2 fully saturated rings. The van der Waals surface area contributed by atoms with Gasteiger partial charge in [-0.1, -0.05) is 0 Å². The first kappa shape index (κ1) is 17.7. The lowest BCUT2D eigenvalue weighted by Crippen LogP contribution is -2.35. The smallest absolute Gasteiger partial charge is 0.329 e. The molecule has 1 aromatic heterocycles. The van der Waals surface area contributed by atoms with Crippen molar-refractivity contribution in [2.24, 2.45) is 11.7 Å². The highest BCUT2D eigenvalue weighted by molar-refractivity contribution is 5.87. The SMILES string of the molecule is [C-]#[N+]CC(N)C1CCN(c2c(F)cc3c(=O)[nH]c(=O)n(C4CC4)c3c2C)C1. The molecule has 142 valence electrons. The second kappa shape index (κ2) is 6.50. The van der Waals surface area contributed by atoms with E-state index in [1.807, 2.05) is 4.90 Å². The molecule has 1 saturated heterocycles. The van der Waals surface area contributed by atoms with Gasteiger partial charge in [-0.3, -0.25) is 14.3 Å². The molecule has 2 aliphatic rings. The number of H-pyrrole nitrogens is 1. The Hall–Kier alpha value is -2.66. The van der Waals surface area contributed by atoms with Gasteiger partial charge in [0.15, 0.2) is 0 Å². The summed E-state index contributed by atoms with van der Waals surface area (Å²) in [6, 6.07) is 1.07. The zero-order chi connectivity index (χ0) is 19.3. The van der Waals surface area contributed by atoms with E-state index >= 15 is 0 Å². The number of nitrogens with two attached hydrogens (primary N) is 1. The number of halogens is 1. The largest absolute Gasteiger partial charge is 0.369 e. The summed E-state index contributed by atoms with van der Waals surface area (Å²) in [6.07, 6.45) is 2.55. The monoisotopic (exact) mass is 371 g/mol. The molecule has 0 amide bonds. The molecular formula is C19H22FN5O2. The summed E-state index contributed by atoms with van der Waals surface area (Å²) in [4.78, 5) is 32.2. The summed E-state index contributed by atoms with van der Waals surface area (Å²) < 4.78 is 16.6. The second-order valence-corrected chi connectivity index (χ2v) is 7.59. The van der Waals surface area contributed by atoms with E-state index in [9.17, 15) is 14.0 Å². The quantitative estimate of drug-likeness (QED) is 0.798. The molecule has 2 aromatic rings.